The maximum Gasteiger partial charge on any atom is 0.268 e. The largest absolute Gasteiger partial charge is 0.483 e. The first kappa shape index (κ1) is 14.1. The Morgan fingerprint density at radius 1 is 1.45 bits per heavy atom. The van der Waals surface area contributed by atoms with Crippen molar-refractivity contribution in [3.63, 3.8) is 0 Å². The lowest BCUT2D eigenvalue weighted by atomic mass is 10.2. The Balaban J connectivity index is 2.12. The van der Waals surface area contributed by atoms with E-state index in [-0.39, 0.29) is 12.4 Å². The fourth-order valence-corrected chi connectivity index (χ4v) is 1.80. The summed E-state index contributed by atoms with van der Waals surface area (Å²) in [6, 6.07) is 6.41. The van der Waals surface area contributed by atoms with Crippen LogP contribution in [0.5, 0.6) is 5.75 Å². The van der Waals surface area contributed by atoms with E-state index in [1.165, 1.54) is 12.1 Å². The topological polar surface area (TPSA) is 77.5 Å². The molecule has 2 rings (SSSR count). The summed E-state index contributed by atoms with van der Waals surface area (Å²) >= 11 is 0. The minimum absolute atomic E-state index is 0.0268. The van der Waals surface area contributed by atoms with Crippen LogP contribution >= 0.6 is 0 Å². The highest BCUT2D eigenvalue weighted by atomic mass is 19.1. The number of ether oxygens (including phenoxy) is 1. The van der Waals surface area contributed by atoms with E-state index in [4.69, 9.17) is 15.0 Å². The van der Waals surface area contributed by atoms with Crippen molar-refractivity contribution in [3.8, 4) is 5.75 Å². The van der Waals surface area contributed by atoms with E-state index >= 15 is 0 Å². The van der Waals surface area contributed by atoms with Gasteiger partial charge in [-0.25, -0.2) is 10.2 Å². The molecule has 0 spiro atoms. The van der Waals surface area contributed by atoms with E-state index in [2.05, 4.69) is 0 Å². The van der Waals surface area contributed by atoms with Gasteiger partial charge in [-0.1, -0.05) is 12.1 Å². The Morgan fingerprint density at radius 2 is 2.20 bits per heavy atom. The number of carbonyl (C=O) groups is 1. The van der Waals surface area contributed by atoms with E-state index in [0.717, 1.165) is 0 Å². The maximum atomic E-state index is 13.7. The number of amides is 1. The highest BCUT2D eigenvalue weighted by Crippen LogP contribution is 2.22. The standard InChI is InChI=1S/C14H15FN2O3/c1-8-4-3-5-12(13(8)15)19-7-10-6-11(9(2)20-10)14(18)17-16/h3-6H,7,16H2,1-2H3,(H,17,18). The molecule has 20 heavy (non-hydrogen) atoms. The zero-order chi connectivity index (χ0) is 14.7. The van der Waals surface area contributed by atoms with Gasteiger partial charge in [0.1, 0.15) is 18.1 Å². The number of hydrazine groups is 1. The molecule has 0 saturated carbocycles. The van der Waals surface area contributed by atoms with Gasteiger partial charge in [0, 0.05) is 0 Å². The molecule has 0 bridgehead atoms. The lowest BCUT2D eigenvalue weighted by Crippen LogP contribution is -2.30. The van der Waals surface area contributed by atoms with Crippen molar-refractivity contribution < 1.29 is 18.3 Å². The van der Waals surface area contributed by atoms with Crippen LogP contribution in [-0.2, 0) is 6.61 Å². The number of furan rings is 1. The molecule has 1 aromatic carbocycles. The summed E-state index contributed by atoms with van der Waals surface area (Å²) in [5.74, 6) is 5.20. The van der Waals surface area contributed by atoms with Crippen LogP contribution in [0.3, 0.4) is 0 Å². The zero-order valence-electron chi connectivity index (χ0n) is 11.2. The van der Waals surface area contributed by atoms with Crippen molar-refractivity contribution in [2.75, 3.05) is 0 Å². The smallest absolute Gasteiger partial charge is 0.268 e. The molecule has 6 heteroatoms. The normalized spacial score (nSPS) is 10.4. The van der Waals surface area contributed by atoms with Crippen LogP contribution in [0.4, 0.5) is 4.39 Å². The summed E-state index contributed by atoms with van der Waals surface area (Å²) in [5.41, 5.74) is 2.86. The lowest BCUT2D eigenvalue weighted by molar-refractivity contribution is 0.0952. The lowest BCUT2D eigenvalue weighted by Gasteiger charge is -2.06. The average Bonchev–Trinajstić information content (AvgIpc) is 2.81. The first-order chi connectivity index (χ1) is 9.52. The number of rotatable bonds is 4. The van der Waals surface area contributed by atoms with E-state index in [1.54, 1.807) is 26.0 Å². The molecule has 0 aliphatic rings. The molecule has 0 radical (unpaired) electrons. The van der Waals surface area contributed by atoms with Gasteiger partial charge in [0.05, 0.1) is 5.56 Å². The Labute approximate surface area is 115 Å². The second kappa shape index (κ2) is 5.75. The van der Waals surface area contributed by atoms with Crippen LogP contribution in [0.15, 0.2) is 28.7 Å². The Kier molecular flexibility index (Phi) is 4.05. The number of nitrogens with one attached hydrogen (secondary N) is 1. The molecule has 106 valence electrons. The van der Waals surface area contributed by atoms with Crippen molar-refractivity contribution in [1.82, 2.24) is 5.43 Å². The number of nitrogens with two attached hydrogens (primary N) is 1. The Hall–Kier alpha value is -2.34. The number of nitrogen functional groups attached to an aromatic ring is 1. The van der Waals surface area contributed by atoms with Crippen molar-refractivity contribution in [1.29, 1.82) is 0 Å². The number of hydrogen-bond acceptors (Lipinski definition) is 4. The van der Waals surface area contributed by atoms with Crippen LogP contribution in [-0.4, -0.2) is 5.91 Å². The number of halogens is 1. The summed E-state index contributed by atoms with van der Waals surface area (Å²) in [6.07, 6.45) is 0. The molecule has 1 aromatic heterocycles. The molecule has 1 amide bonds. The van der Waals surface area contributed by atoms with Crippen molar-refractivity contribution in [3.05, 3.63) is 52.7 Å². The summed E-state index contributed by atoms with van der Waals surface area (Å²) in [4.78, 5) is 11.4. The average molecular weight is 278 g/mol. The second-order valence-corrected chi connectivity index (χ2v) is 4.33. The van der Waals surface area contributed by atoms with Gasteiger partial charge in [-0.15, -0.1) is 0 Å². The maximum absolute atomic E-state index is 13.7. The molecule has 3 N–H and O–H groups in total. The summed E-state index contributed by atoms with van der Waals surface area (Å²) in [7, 11) is 0. The minimum Gasteiger partial charge on any atom is -0.483 e. The quantitative estimate of drug-likeness (QED) is 0.510. The van der Waals surface area contributed by atoms with Gasteiger partial charge in [0.15, 0.2) is 11.6 Å². The van der Waals surface area contributed by atoms with Crippen LogP contribution in [0.25, 0.3) is 0 Å². The predicted molar refractivity (Wildman–Crippen MR) is 70.6 cm³/mol. The highest BCUT2D eigenvalue weighted by molar-refractivity contribution is 5.94. The summed E-state index contributed by atoms with van der Waals surface area (Å²) < 4.78 is 24.5. The van der Waals surface area contributed by atoms with Crippen molar-refractivity contribution >= 4 is 5.91 Å². The SMILES string of the molecule is Cc1cccc(OCc2cc(C(=O)NN)c(C)o2)c1F. The van der Waals surface area contributed by atoms with Gasteiger partial charge in [-0.05, 0) is 31.5 Å². The van der Waals surface area contributed by atoms with Gasteiger partial charge in [-0.2, -0.15) is 0 Å². The van der Waals surface area contributed by atoms with Gasteiger partial charge < -0.3 is 9.15 Å². The van der Waals surface area contributed by atoms with Crippen LogP contribution in [0.1, 0.15) is 27.4 Å². The first-order valence-electron chi connectivity index (χ1n) is 6.01. The van der Waals surface area contributed by atoms with Gasteiger partial charge >= 0.3 is 0 Å². The molecule has 0 fully saturated rings. The predicted octanol–water partition coefficient (Wildman–Crippen LogP) is 2.22. The molecule has 2 aromatic rings. The minimum atomic E-state index is -0.445. The van der Waals surface area contributed by atoms with Crippen LogP contribution < -0.4 is 16.0 Å². The molecule has 0 atom stereocenters. The summed E-state index contributed by atoms with van der Waals surface area (Å²) in [5, 5.41) is 0. The third-order valence-corrected chi connectivity index (χ3v) is 2.87. The van der Waals surface area contributed by atoms with Gasteiger partial charge in [0.2, 0.25) is 0 Å². The molecule has 1 heterocycles. The third kappa shape index (κ3) is 2.80. The summed E-state index contributed by atoms with van der Waals surface area (Å²) in [6.45, 7) is 3.32. The third-order valence-electron chi connectivity index (χ3n) is 2.87. The van der Waals surface area contributed by atoms with E-state index in [0.29, 0.717) is 22.6 Å². The van der Waals surface area contributed by atoms with Crippen molar-refractivity contribution in [2.45, 2.75) is 20.5 Å². The second-order valence-electron chi connectivity index (χ2n) is 4.33. The fourth-order valence-electron chi connectivity index (χ4n) is 1.80. The number of hydrogen-bond donors (Lipinski definition) is 2. The van der Waals surface area contributed by atoms with Gasteiger partial charge in [0.25, 0.3) is 5.91 Å². The Bertz CT molecular complexity index is 637. The van der Waals surface area contributed by atoms with E-state index < -0.39 is 11.7 Å². The first-order valence-corrected chi connectivity index (χ1v) is 6.01. The van der Waals surface area contributed by atoms with Crippen LogP contribution in [0, 0.1) is 19.7 Å². The van der Waals surface area contributed by atoms with Crippen molar-refractivity contribution in [2.24, 2.45) is 5.84 Å². The van der Waals surface area contributed by atoms with Crippen LogP contribution in [0.2, 0.25) is 0 Å². The zero-order valence-corrected chi connectivity index (χ0v) is 11.2. The Morgan fingerprint density at radius 3 is 2.90 bits per heavy atom. The number of carbonyl (C=O) groups excluding carboxylic acids is 1. The molecule has 0 aliphatic heterocycles. The molecule has 5 nitrogen and oxygen atoms in total. The monoisotopic (exact) mass is 278 g/mol. The molecule has 0 unspecified atom stereocenters. The fraction of sp³-hybridized carbons (Fsp3) is 0.214. The number of aryl methyl sites for hydroxylation is 2. The van der Waals surface area contributed by atoms with Gasteiger partial charge in [-0.3, -0.25) is 10.2 Å². The highest BCUT2D eigenvalue weighted by Gasteiger charge is 2.15. The van der Waals surface area contributed by atoms with E-state index in [9.17, 15) is 9.18 Å². The van der Waals surface area contributed by atoms with E-state index in [1.807, 2.05) is 5.43 Å². The number of benzene rings is 1. The molecule has 0 saturated heterocycles. The molecular formula is C14H15FN2O3. The molecular weight excluding hydrogens is 263 g/mol. The molecule has 0 aliphatic carbocycles.